The second kappa shape index (κ2) is 12.3. The van der Waals surface area contributed by atoms with Crippen LogP contribution in [0, 0.1) is 0 Å². The van der Waals surface area contributed by atoms with E-state index < -0.39 is 0 Å². The Morgan fingerprint density at radius 3 is 1.74 bits per heavy atom. The number of quaternary nitrogens is 1. The number of hydrogen-bond donors (Lipinski definition) is 1. The topological polar surface area (TPSA) is 20.2 Å². The number of aliphatic hydroxyl groups excluding tert-OH is 1. The number of hydrogen-bond acceptors (Lipinski definition) is 1. The molecule has 0 aromatic rings. The van der Waals surface area contributed by atoms with Crippen molar-refractivity contribution in [2.45, 2.75) is 115 Å². The Balaban J connectivity index is 1.97. The minimum atomic E-state index is -0.0635. The lowest BCUT2D eigenvalue weighted by Gasteiger charge is -2.42. The summed E-state index contributed by atoms with van der Waals surface area (Å²) in [7, 11) is 4.66. The fourth-order valence-electron chi connectivity index (χ4n) is 4.26. The molecule has 2 heteroatoms. The van der Waals surface area contributed by atoms with Gasteiger partial charge in [-0.25, -0.2) is 0 Å². The first-order chi connectivity index (χ1) is 11.1. The Morgan fingerprint density at radius 1 is 0.739 bits per heavy atom. The Morgan fingerprint density at radius 2 is 1.22 bits per heavy atom. The quantitative estimate of drug-likeness (QED) is 0.341. The van der Waals surface area contributed by atoms with Crippen molar-refractivity contribution in [1.82, 2.24) is 0 Å². The van der Waals surface area contributed by atoms with Crippen molar-refractivity contribution < 1.29 is 9.59 Å². The van der Waals surface area contributed by atoms with Crippen molar-refractivity contribution in [3.05, 3.63) is 0 Å². The smallest absolute Gasteiger partial charge is 0.115 e. The lowest BCUT2D eigenvalue weighted by Crippen LogP contribution is -2.56. The normalized spacial score (nSPS) is 22.4. The molecule has 0 radical (unpaired) electrons. The SMILES string of the molecule is CCCCCCCCCCCCC[N+](C)(C)C1CCCCC1O. The van der Waals surface area contributed by atoms with Gasteiger partial charge < -0.3 is 9.59 Å². The minimum Gasteiger partial charge on any atom is -0.387 e. The van der Waals surface area contributed by atoms with Crippen LogP contribution in [0.3, 0.4) is 0 Å². The van der Waals surface area contributed by atoms with Gasteiger partial charge in [-0.1, -0.05) is 71.1 Å². The molecule has 138 valence electrons. The highest BCUT2D eigenvalue weighted by atomic mass is 16.3. The van der Waals surface area contributed by atoms with Gasteiger partial charge in [0.05, 0.1) is 20.6 Å². The van der Waals surface area contributed by atoms with Crippen molar-refractivity contribution >= 4 is 0 Å². The number of rotatable bonds is 13. The molecule has 1 aliphatic rings. The Hall–Kier alpha value is -0.0800. The van der Waals surface area contributed by atoms with E-state index in [0.29, 0.717) is 6.04 Å². The average Bonchev–Trinajstić information content (AvgIpc) is 2.53. The molecule has 0 bridgehead atoms. The molecule has 1 rings (SSSR count). The molecule has 1 aliphatic carbocycles. The second-order valence-electron chi connectivity index (χ2n) is 8.46. The van der Waals surface area contributed by atoms with E-state index in [4.69, 9.17) is 0 Å². The van der Waals surface area contributed by atoms with Gasteiger partial charge >= 0.3 is 0 Å². The van der Waals surface area contributed by atoms with E-state index in [1.54, 1.807) is 0 Å². The van der Waals surface area contributed by atoms with E-state index in [-0.39, 0.29) is 6.10 Å². The lowest BCUT2D eigenvalue weighted by atomic mass is 9.90. The van der Waals surface area contributed by atoms with Gasteiger partial charge in [-0.3, -0.25) is 0 Å². The highest BCUT2D eigenvalue weighted by Gasteiger charge is 2.35. The maximum atomic E-state index is 10.3. The summed E-state index contributed by atoms with van der Waals surface area (Å²) < 4.78 is 1.03. The van der Waals surface area contributed by atoms with Crippen LogP contribution in [0.1, 0.15) is 103 Å². The molecule has 0 aromatic carbocycles. The van der Waals surface area contributed by atoms with E-state index in [9.17, 15) is 5.11 Å². The summed E-state index contributed by atoms with van der Waals surface area (Å²) in [6.45, 7) is 3.52. The molecule has 23 heavy (non-hydrogen) atoms. The number of nitrogens with zero attached hydrogens (tertiary/aromatic N) is 1. The van der Waals surface area contributed by atoms with E-state index in [2.05, 4.69) is 21.0 Å². The van der Waals surface area contributed by atoms with Crippen LogP contribution in [0.2, 0.25) is 0 Å². The first-order valence-corrected chi connectivity index (χ1v) is 10.6. The van der Waals surface area contributed by atoms with Gasteiger partial charge in [0.2, 0.25) is 0 Å². The summed E-state index contributed by atoms with van der Waals surface area (Å²) in [4.78, 5) is 0. The Labute approximate surface area is 146 Å². The van der Waals surface area contributed by atoms with E-state index >= 15 is 0 Å². The number of unbranched alkanes of at least 4 members (excludes halogenated alkanes) is 10. The molecular weight excluding hydrogens is 282 g/mol. The van der Waals surface area contributed by atoms with Crippen molar-refractivity contribution in [1.29, 1.82) is 0 Å². The van der Waals surface area contributed by atoms with Gasteiger partial charge in [0, 0.05) is 6.42 Å². The second-order valence-corrected chi connectivity index (χ2v) is 8.46. The van der Waals surface area contributed by atoms with Gasteiger partial charge in [0.25, 0.3) is 0 Å². The van der Waals surface area contributed by atoms with Crippen LogP contribution in [0.5, 0.6) is 0 Å². The van der Waals surface area contributed by atoms with Gasteiger partial charge in [0.15, 0.2) is 0 Å². The van der Waals surface area contributed by atoms with E-state index in [0.717, 1.165) is 10.9 Å². The fraction of sp³-hybridized carbons (Fsp3) is 1.00. The maximum absolute atomic E-state index is 10.3. The fourth-order valence-corrected chi connectivity index (χ4v) is 4.26. The van der Waals surface area contributed by atoms with Crippen LogP contribution >= 0.6 is 0 Å². The predicted molar refractivity (Wildman–Crippen MR) is 102 cm³/mol. The standard InChI is InChI=1S/C21H44NO/c1-4-5-6-7-8-9-10-11-12-13-16-19-22(2,3)20-17-14-15-18-21(20)23/h20-21,23H,4-19H2,1-3H3/q+1. The summed E-state index contributed by atoms with van der Waals surface area (Å²) >= 11 is 0. The first-order valence-electron chi connectivity index (χ1n) is 10.6. The third-order valence-corrected chi connectivity index (χ3v) is 5.93. The van der Waals surface area contributed by atoms with Gasteiger partial charge in [-0.05, 0) is 25.7 Å². The van der Waals surface area contributed by atoms with Gasteiger partial charge in [-0.15, -0.1) is 0 Å². The third kappa shape index (κ3) is 9.10. The molecule has 2 unspecified atom stereocenters. The summed E-state index contributed by atoms with van der Waals surface area (Å²) in [5.41, 5.74) is 0. The molecular formula is C21H44NO+. The van der Waals surface area contributed by atoms with Crippen molar-refractivity contribution in [3.63, 3.8) is 0 Å². The zero-order valence-electron chi connectivity index (χ0n) is 16.4. The maximum Gasteiger partial charge on any atom is 0.115 e. The van der Waals surface area contributed by atoms with Crippen LogP contribution in [0.25, 0.3) is 0 Å². The monoisotopic (exact) mass is 326 g/mol. The molecule has 1 N–H and O–H groups in total. The molecule has 0 spiro atoms. The number of aliphatic hydroxyl groups is 1. The van der Waals surface area contributed by atoms with Crippen molar-refractivity contribution in [3.8, 4) is 0 Å². The Bertz CT molecular complexity index is 277. The van der Waals surface area contributed by atoms with Crippen LogP contribution in [-0.2, 0) is 0 Å². The largest absolute Gasteiger partial charge is 0.387 e. The highest BCUT2D eigenvalue weighted by molar-refractivity contribution is 4.75. The minimum absolute atomic E-state index is 0.0635. The highest BCUT2D eigenvalue weighted by Crippen LogP contribution is 2.26. The summed E-state index contributed by atoms with van der Waals surface area (Å²) in [6, 6.07) is 0.479. The summed E-state index contributed by atoms with van der Waals surface area (Å²) in [5, 5.41) is 10.3. The zero-order chi connectivity index (χ0) is 17.0. The first kappa shape index (κ1) is 21.0. The molecule has 1 saturated carbocycles. The predicted octanol–water partition coefficient (Wildman–Crippen LogP) is 5.68. The van der Waals surface area contributed by atoms with Gasteiger partial charge in [-0.2, -0.15) is 0 Å². The van der Waals surface area contributed by atoms with Crippen molar-refractivity contribution in [2.75, 3.05) is 20.6 Å². The van der Waals surface area contributed by atoms with Crippen LogP contribution in [0.15, 0.2) is 0 Å². The van der Waals surface area contributed by atoms with Crippen LogP contribution < -0.4 is 0 Å². The zero-order valence-corrected chi connectivity index (χ0v) is 16.4. The molecule has 0 aliphatic heterocycles. The third-order valence-electron chi connectivity index (χ3n) is 5.93. The van der Waals surface area contributed by atoms with Crippen molar-refractivity contribution in [2.24, 2.45) is 0 Å². The summed E-state index contributed by atoms with van der Waals surface area (Å²) in [5.74, 6) is 0. The molecule has 2 atom stereocenters. The molecule has 1 fully saturated rings. The van der Waals surface area contributed by atoms with Gasteiger partial charge in [0.1, 0.15) is 12.1 Å². The molecule has 0 amide bonds. The van der Waals surface area contributed by atoms with Crippen LogP contribution in [-0.4, -0.2) is 42.4 Å². The molecule has 0 saturated heterocycles. The van der Waals surface area contributed by atoms with Crippen LogP contribution in [0.4, 0.5) is 0 Å². The molecule has 2 nitrogen and oxygen atoms in total. The molecule has 0 aromatic heterocycles. The number of likely N-dealkylation sites (N-methyl/N-ethyl adjacent to an activating group) is 1. The van der Waals surface area contributed by atoms with E-state index in [1.165, 1.54) is 96.4 Å². The Kier molecular flexibility index (Phi) is 11.2. The average molecular weight is 327 g/mol. The lowest BCUT2D eigenvalue weighted by molar-refractivity contribution is -0.920. The van der Waals surface area contributed by atoms with E-state index in [1.807, 2.05) is 0 Å². The molecule has 0 heterocycles. The summed E-state index contributed by atoms with van der Waals surface area (Å²) in [6.07, 6.45) is 20.2.